The molecule has 60 heavy (non-hydrogen) atoms. The number of halogens is 1. The molecule has 0 spiro atoms. The second kappa shape index (κ2) is 21.6. The topological polar surface area (TPSA) is 186 Å². The Morgan fingerprint density at radius 2 is 1.67 bits per heavy atom. The van der Waals surface area contributed by atoms with Crippen LogP contribution < -0.4 is 4.74 Å². The Balaban J connectivity index is 1.80. The van der Waals surface area contributed by atoms with E-state index in [0.29, 0.717) is 28.5 Å². The summed E-state index contributed by atoms with van der Waals surface area (Å²) in [5.74, 6) is -4.46. The highest BCUT2D eigenvalue weighted by Gasteiger charge is 2.52. The third-order valence-corrected chi connectivity index (χ3v) is 12.2. The van der Waals surface area contributed by atoms with Crippen molar-refractivity contribution in [2.45, 2.75) is 141 Å². The van der Waals surface area contributed by atoms with Crippen LogP contribution in [-0.2, 0) is 39.8 Å². The predicted octanol–water partition coefficient (Wildman–Crippen LogP) is 5.19. The minimum Gasteiger partial charge on any atom is -0.490 e. The molecule has 0 amide bonds. The van der Waals surface area contributed by atoms with Crippen LogP contribution in [0.3, 0.4) is 0 Å². The van der Waals surface area contributed by atoms with E-state index in [0.717, 1.165) is 0 Å². The fourth-order valence-corrected chi connectivity index (χ4v) is 8.85. The monoisotopic (exact) mass is 862 g/mol. The normalized spacial score (nSPS) is 36.6. The standard InChI is InChI=1S/C45H67ClN2O12/c1-11-35-45(8,54)40(51)28(4)37(47-56-21-20-55-33-18-13-12-14-19-33)26(2)25-44(7,53)41(60-43-38(50)34(48(9)10)22-27(3)57-43)29(5)39(30(6)42(52)58-35)59-36(49)24-31-16-15-17-32(46)23-31/h12-19,23,26-30,34-35,38-41,43,50-51,53-54H,11,20-22,24-25H2,1-10H3/b47-37+/t26-,27+,28-,29-,30+,34-,35+,38+,39-,40+,41+,43-,44-,45+/m0/s1. The van der Waals surface area contributed by atoms with Crippen molar-refractivity contribution in [1.29, 1.82) is 0 Å². The molecule has 2 aromatic rings. The van der Waals surface area contributed by atoms with Crippen LogP contribution in [0, 0.1) is 23.7 Å². The van der Waals surface area contributed by atoms with E-state index in [9.17, 15) is 30.0 Å². The molecule has 2 fully saturated rings. The Labute approximate surface area is 360 Å². The highest BCUT2D eigenvalue weighted by Crippen LogP contribution is 2.39. The van der Waals surface area contributed by atoms with E-state index in [4.69, 9.17) is 40.1 Å². The van der Waals surface area contributed by atoms with Gasteiger partial charge in [-0.15, -0.1) is 0 Å². The molecule has 0 aliphatic carbocycles. The van der Waals surface area contributed by atoms with Crippen LogP contribution in [0.1, 0.15) is 80.2 Å². The fraction of sp³-hybridized carbons (Fsp3) is 0.667. The molecule has 0 saturated carbocycles. The number of hydrogen-bond donors (Lipinski definition) is 4. The predicted molar refractivity (Wildman–Crippen MR) is 226 cm³/mol. The Bertz CT molecular complexity index is 1710. The average Bonchev–Trinajstić information content (AvgIpc) is 3.18. The number of carbonyl (C=O) groups excluding carboxylic acids is 2. The number of cyclic esters (lactones) is 1. The first-order valence-electron chi connectivity index (χ1n) is 21.0. The van der Waals surface area contributed by atoms with E-state index >= 15 is 0 Å². The van der Waals surface area contributed by atoms with Crippen molar-refractivity contribution in [3.63, 3.8) is 0 Å². The first-order chi connectivity index (χ1) is 28.2. The maximum absolute atomic E-state index is 14.2. The van der Waals surface area contributed by atoms with Gasteiger partial charge in [-0.25, -0.2) is 0 Å². The molecular formula is C45H67ClN2O12. The minimum absolute atomic E-state index is 0.0426. The van der Waals surface area contributed by atoms with Gasteiger partial charge in [-0.1, -0.05) is 74.8 Å². The molecule has 336 valence electrons. The third kappa shape index (κ3) is 12.6. The van der Waals surface area contributed by atoms with Gasteiger partial charge in [0, 0.05) is 28.8 Å². The number of esters is 2. The Morgan fingerprint density at radius 3 is 2.30 bits per heavy atom. The molecule has 14 nitrogen and oxygen atoms in total. The van der Waals surface area contributed by atoms with E-state index < -0.39 is 83.6 Å². The molecule has 0 radical (unpaired) electrons. The molecule has 15 heteroatoms. The lowest BCUT2D eigenvalue weighted by molar-refractivity contribution is -0.299. The van der Waals surface area contributed by atoms with Gasteiger partial charge in [-0.05, 0) is 90.9 Å². The van der Waals surface area contributed by atoms with Gasteiger partial charge in [0.1, 0.15) is 36.3 Å². The Morgan fingerprint density at radius 1 is 0.983 bits per heavy atom. The van der Waals surface area contributed by atoms with E-state index in [2.05, 4.69) is 5.16 Å². The zero-order valence-corrected chi connectivity index (χ0v) is 37.5. The van der Waals surface area contributed by atoms with Crippen molar-refractivity contribution in [2.75, 3.05) is 27.3 Å². The quantitative estimate of drug-likeness (QED) is 0.124. The molecule has 0 bridgehead atoms. The lowest BCUT2D eigenvalue weighted by Crippen LogP contribution is -2.60. The molecule has 4 rings (SSSR count). The lowest BCUT2D eigenvalue weighted by Gasteiger charge is -2.47. The molecule has 2 aromatic carbocycles. The summed E-state index contributed by atoms with van der Waals surface area (Å²) in [6.45, 7) is 13.5. The summed E-state index contributed by atoms with van der Waals surface area (Å²) in [6.07, 6.45) is -7.52. The second-order valence-corrected chi connectivity index (χ2v) is 17.7. The number of likely N-dealkylation sites (N-methyl/N-ethyl adjacent to an activating group) is 1. The van der Waals surface area contributed by atoms with Gasteiger partial charge in [0.15, 0.2) is 12.9 Å². The van der Waals surface area contributed by atoms with Crippen molar-refractivity contribution in [2.24, 2.45) is 28.8 Å². The molecule has 0 aromatic heterocycles. The molecule has 2 saturated heterocycles. The summed E-state index contributed by atoms with van der Waals surface area (Å²) in [6, 6.07) is 15.6. The van der Waals surface area contributed by atoms with E-state index in [1.54, 1.807) is 58.9 Å². The molecule has 0 unspecified atom stereocenters. The third-order valence-electron chi connectivity index (χ3n) is 11.9. The first-order valence-corrected chi connectivity index (χ1v) is 21.4. The molecular weight excluding hydrogens is 796 g/mol. The summed E-state index contributed by atoms with van der Waals surface area (Å²) in [5, 5.41) is 53.1. The van der Waals surface area contributed by atoms with Crippen molar-refractivity contribution in [3.8, 4) is 5.75 Å². The van der Waals surface area contributed by atoms with Crippen molar-refractivity contribution < 1.29 is 58.5 Å². The van der Waals surface area contributed by atoms with Gasteiger partial charge in [0.05, 0.1) is 42.0 Å². The van der Waals surface area contributed by atoms with Crippen molar-refractivity contribution in [3.05, 3.63) is 65.2 Å². The lowest BCUT2D eigenvalue weighted by atomic mass is 9.73. The van der Waals surface area contributed by atoms with Crippen LogP contribution in [0.25, 0.3) is 0 Å². The van der Waals surface area contributed by atoms with Gasteiger partial charge >= 0.3 is 11.9 Å². The number of aliphatic hydroxyl groups is 4. The summed E-state index contributed by atoms with van der Waals surface area (Å²) >= 11 is 6.21. The fourth-order valence-electron chi connectivity index (χ4n) is 8.63. The number of para-hydroxylation sites is 1. The minimum atomic E-state index is -1.99. The SMILES string of the molecule is CC[C@H]1OC(=O)[C@H](C)[C@@H](OC(=O)Cc2cccc(Cl)c2)[C@H](C)[C@@H](O[C@@H]2O[C@H](C)C[C@H](N(C)C)[C@H]2O)[C@@](C)(O)C[C@H](C)/C(=N\OCCOc2ccccc2)[C@H](C)[C@@H](O)[C@]1(C)O. The van der Waals surface area contributed by atoms with Crippen LogP contribution in [-0.4, -0.2) is 130 Å². The zero-order valence-electron chi connectivity index (χ0n) is 36.7. The highest BCUT2D eigenvalue weighted by atomic mass is 35.5. The molecule has 14 atom stereocenters. The Kier molecular flexibility index (Phi) is 17.8. The number of aliphatic hydroxyl groups excluding tert-OH is 2. The number of oxime groups is 1. The van der Waals surface area contributed by atoms with E-state index in [-0.39, 0.29) is 44.6 Å². The van der Waals surface area contributed by atoms with Gasteiger partial charge in [0.2, 0.25) is 0 Å². The summed E-state index contributed by atoms with van der Waals surface area (Å²) in [4.78, 5) is 35.6. The number of rotatable bonds is 12. The van der Waals surface area contributed by atoms with Crippen LogP contribution in [0.4, 0.5) is 0 Å². The molecule has 2 aliphatic rings. The summed E-state index contributed by atoms with van der Waals surface area (Å²) in [5.41, 5.74) is -2.91. The van der Waals surface area contributed by atoms with Gasteiger partial charge < -0.3 is 53.8 Å². The number of hydrogen-bond acceptors (Lipinski definition) is 14. The van der Waals surface area contributed by atoms with Gasteiger partial charge in [-0.2, -0.15) is 0 Å². The maximum atomic E-state index is 14.2. The van der Waals surface area contributed by atoms with Crippen molar-refractivity contribution >= 4 is 29.3 Å². The number of ether oxygens (including phenoxy) is 5. The molecule has 4 N–H and O–H groups in total. The summed E-state index contributed by atoms with van der Waals surface area (Å²) < 4.78 is 30.8. The van der Waals surface area contributed by atoms with Gasteiger partial charge in [0.25, 0.3) is 0 Å². The first kappa shape index (κ1) is 49.3. The second-order valence-electron chi connectivity index (χ2n) is 17.3. The van der Waals surface area contributed by atoms with Crippen LogP contribution in [0.15, 0.2) is 59.8 Å². The molecule has 2 aliphatic heterocycles. The highest BCUT2D eigenvalue weighted by molar-refractivity contribution is 6.30. The summed E-state index contributed by atoms with van der Waals surface area (Å²) in [7, 11) is 3.70. The Hall–Kier alpha value is -3.34. The average molecular weight is 863 g/mol. The van der Waals surface area contributed by atoms with Crippen molar-refractivity contribution in [1.82, 2.24) is 4.90 Å². The van der Waals surface area contributed by atoms with Crippen LogP contribution in [0.5, 0.6) is 5.75 Å². The number of carbonyl (C=O) groups is 2. The van der Waals surface area contributed by atoms with E-state index in [1.165, 1.54) is 13.8 Å². The largest absolute Gasteiger partial charge is 0.490 e. The molecule has 2 heterocycles. The van der Waals surface area contributed by atoms with Gasteiger partial charge in [-0.3, -0.25) is 9.59 Å². The van der Waals surface area contributed by atoms with E-state index in [1.807, 2.05) is 56.3 Å². The number of nitrogens with zero attached hydrogens (tertiary/aromatic N) is 2. The zero-order chi connectivity index (χ0) is 44.5. The number of benzene rings is 2. The smallest absolute Gasteiger partial charge is 0.312 e. The maximum Gasteiger partial charge on any atom is 0.312 e. The van der Waals surface area contributed by atoms with Crippen LogP contribution in [0.2, 0.25) is 5.02 Å². The van der Waals surface area contributed by atoms with Crippen LogP contribution >= 0.6 is 11.6 Å².